The highest BCUT2D eigenvalue weighted by Gasteiger charge is 2.32. The standard InChI is InChI=1S/C16H18Cl2N2O3/c1-19-16(23)20-15(22)11(7-10-3-2-4-14(10)21)9-5-6-12(17)13(18)8-9/h5-6,8,10-11H,2-4,7H2,1H3,(H2,19,20,22,23). The second-order valence-corrected chi connectivity index (χ2v) is 6.40. The van der Waals surface area contributed by atoms with Crippen molar-refractivity contribution in [1.29, 1.82) is 0 Å². The monoisotopic (exact) mass is 356 g/mol. The highest BCUT2D eigenvalue weighted by molar-refractivity contribution is 6.42. The fourth-order valence-corrected chi connectivity index (χ4v) is 3.11. The average molecular weight is 357 g/mol. The zero-order chi connectivity index (χ0) is 17.0. The first-order valence-electron chi connectivity index (χ1n) is 7.42. The number of ketones is 1. The summed E-state index contributed by atoms with van der Waals surface area (Å²) in [6, 6.07) is 4.33. The molecule has 1 aliphatic rings. The molecular formula is C16H18Cl2N2O3. The highest BCUT2D eigenvalue weighted by Crippen LogP contribution is 2.34. The van der Waals surface area contributed by atoms with Crippen molar-refractivity contribution in [2.24, 2.45) is 5.92 Å². The third-order valence-corrected chi connectivity index (χ3v) is 4.82. The van der Waals surface area contributed by atoms with E-state index >= 15 is 0 Å². The van der Waals surface area contributed by atoms with Crippen LogP contribution in [0, 0.1) is 5.92 Å². The van der Waals surface area contributed by atoms with E-state index in [-0.39, 0.29) is 11.7 Å². The summed E-state index contributed by atoms with van der Waals surface area (Å²) in [5.41, 5.74) is 0.639. The van der Waals surface area contributed by atoms with Gasteiger partial charge in [-0.2, -0.15) is 0 Å². The van der Waals surface area contributed by atoms with Crippen molar-refractivity contribution in [2.75, 3.05) is 7.05 Å². The summed E-state index contributed by atoms with van der Waals surface area (Å²) < 4.78 is 0. The maximum absolute atomic E-state index is 12.4. The molecule has 0 aromatic heterocycles. The lowest BCUT2D eigenvalue weighted by atomic mass is 9.87. The lowest BCUT2D eigenvalue weighted by Crippen LogP contribution is -2.40. The first-order valence-corrected chi connectivity index (χ1v) is 8.18. The number of carbonyl (C=O) groups is 3. The van der Waals surface area contributed by atoms with Gasteiger partial charge in [-0.05, 0) is 37.0 Å². The van der Waals surface area contributed by atoms with Crippen molar-refractivity contribution in [1.82, 2.24) is 10.6 Å². The van der Waals surface area contributed by atoms with Crippen molar-refractivity contribution in [3.8, 4) is 0 Å². The summed E-state index contributed by atoms with van der Waals surface area (Å²) in [5, 5.41) is 5.33. The quantitative estimate of drug-likeness (QED) is 0.868. The number of rotatable bonds is 4. The Labute approximate surface area is 144 Å². The van der Waals surface area contributed by atoms with E-state index in [4.69, 9.17) is 23.2 Å². The van der Waals surface area contributed by atoms with E-state index in [1.54, 1.807) is 18.2 Å². The third kappa shape index (κ3) is 4.45. The fourth-order valence-electron chi connectivity index (χ4n) is 2.81. The summed E-state index contributed by atoms with van der Waals surface area (Å²) in [7, 11) is 1.43. The van der Waals surface area contributed by atoms with E-state index in [1.165, 1.54) is 7.05 Å². The smallest absolute Gasteiger partial charge is 0.321 e. The number of carbonyl (C=O) groups excluding carboxylic acids is 3. The molecule has 0 heterocycles. The Balaban J connectivity index is 2.25. The van der Waals surface area contributed by atoms with Crippen molar-refractivity contribution >= 4 is 40.9 Å². The van der Waals surface area contributed by atoms with Crippen LogP contribution >= 0.6 is 23.2 Å². The molecule has 0 saturated heterocycles. The van der Waals surface area contributed by atoms with E-state index in [1.807, 2.05) is 0 Å². The summed E-state index contributed by atoms with van der Waals surface area (Å²) in [5.74, 6) is -1.08. The van der Waals surface area contributed by atoms with Crippen molar-refractivity contribution in [3.05, 3.63) is 33.8 Å². The topological polar surface area (TPSA) is 75.3 Å². The third-order valence-electron chi connectivity index (χ3n) is 4.08. The minimum absolute atomic E-state index is 0.162. The molecule has 1 aromatic rings. The number of amides is 3. The van der Waals surface area contributed by atoms with Crippen LogP contribution in [0.5, 0.6) is 0 Å². The zero-order valence-corrected chi connectivity index (χ0v) is 14.2. The van der Waals surface area contributed by atoms with Gasteiger partial charge in [0, 0.05) is 19.4 Å². The highest BCUT2D eigenvalue weighted by atomic mass is 35.5. The van der Waals surface area contributed by atoms with E-state index in [9.17, 15) is 14.4 Å². The first-order chi connectivity index (χ1) is 10.9. The van der Waals surface area contributed by atoms with Crippen molar-refractivity contribution in [3.63, 3.8) is 0 Å². The molecule has 7 heteroatoms. The molecule has 3 amide bonds. The van der Waals surface area contributed by atoms with Gasteiger partial charge in [-0.25, -0.2) is 4.79 Å². The fraction of sp³-hybridized carbons (Fsp3) is 0.438. The molecule has 124 valence electrons. The van der Waals surface area contributed by atoms with Gasteiger partial charge in [0.05, 0.1) is 16.0 Å². The zero-order valence-electron chi connectivity index (χ0n) is 12.7. The molecular weight excluding hydrogens is 339 g/mol. The van der Waals surface area contributed by atoms with Gasteiger partial charge in [-0.1, -0.05) is 29.3 Å². The van der Waals surface area contributed by atoms with Crippen LogP contribution in [0.15, 0.2) is 18.2 Å². The van der Waals surface area contributed by atoms with Crippen LogP contribution < -0.4 is 10.6 Å². The molecule has 5 nitrogen and oxygen atoms in total. The molecule has 1 saturated carbocycles. The normalized spacial score (nSPS) is 18.6. The predicted molar refractivity (Wildman–Crippen MR) is 88.8 cm³/mol. The molecule has 0 aliphatic heterocycles. The van der Waals surface area contributed by atoms with Crippen LogP contribution in [0.1, 0.15) is 37.2 Å². The van der Waals surface area contributed by atoms with Gasteiger partial charge in [-0.3, -0.25) is 14.9 Å². The summed E-state index contributed by atoms with van der Waals surface area (Å²) in [6.07, 6.45) is 2.52. The Hall–Kier alpha value is -1.59. The van der Waals surface area contributed by atoms with Crippen LogP contribution in [0.3, 0.4) is 0 Å². The number of nitrogens with one attached hydrogen (secondary N) is 2. The maximum Gasteiger partial charge on any atom is 0.321 e. The predicted octanol–water partition coefficient (Wildman–Crippen LogP) is 3.29. The number of imide groups is 1. The second-order valence-electron chi connectivity index (χ2n) is 5.59. The Kier molecular flexibility index (Phi) is 6.02. The van der Waals surface area contributed by atoms with E-state index < -0.39 is 17.9 Å². The molecule has 0 spiro atoms. The molecule has 1 aromatic carbocycles. The molecule has 2 unspecified atom stereocenters. The lowest BCUT2D eigenvalue weighted by molar-refractivity contribution is -0.123. The molecule has 2 N–H and O–H groups in total. The van der Waals surface area contributed by atoms with Gasteiger partial charge in [0.1, 0.15) is 5.78 Å². The Morgan fingerprint density at radius 3 is 2.61 bits per heavy atom. The molecule has 2 rings (SSSR count). The van der Waals surface area contributed by atoms with Gasteiger partial charge in [0.15, 0.2) is 0 Å². The second kappa shape index (κ2) is 7.79. The Bertz CT molecular complexity index is 634. The largest absolute Gasteiger partial charge is 0.341 e. The van der Waals surface area contributed by atoms with Gasteiger partial charge in [0.2, 0.25) is 5.91 Å². The van der Waals surface area contributed by atoms with Gasteiger partial charge >= 0.3 is 6.03 Å². The summed E-state index contributed by atoms with van der Waals surface area (Å²) in [6.45, 7) is 0. The van der Waals surface area contributed by atoms with Crippen LogP contribution in [-0.4, -0.2) is 24.8 Å². The van der Waals surface area contributed by atoms with E-state index in [2.05, 4.69) is 10.6 Å². The molecule has 0 radical (unpaired) electrons. The van der Waals surface area contributed by atoms with Gasteiger partial charge in [0.25, 0.3) is 0 Å². The number of halogens is 2. The minimum Gasteiger partial charge on any atom is -0.341 e. The van der Waals surface area contributed by atoms with Gasteiger partial charge < -0.3 is 5.32 Å². The molecule has 23 heavy (non-hydrogen) atoms. The Morgan fingerprint density at radius 2 is 2.04 bits per heavy atom. The van der Waals surface area contributed by atoms with Gasteiger partial charge in [-0.15, -0.1) is 0 Å². The molecule has 2 atom stereocenters. The molecule has 0 bridgehead atoms. The van der Waals surface area contributed by atoms with Crippen LogP contribution in [0.25, 0.3) is 0 Å². The van der Waals surface area contributed by atoms with Crippen molar-refractivity contribution in [2.45, 2.75) is 31.6 Å². The SMILES string of the molecule is CNC(=O)NC(=O)C(CC1CCCC1=O)c1ccc(Cl)c(Cl)c1. The lowest BCUT2D eigenvalue weighted by Gasteiger charge is -2.20. The number of hydrogen-bond acceptors (Lipinski definition) is 3. The van der Waals surface area contributed by atoms with Crippen LogP contribution in [0.2, 0.25) is 10.0 Å². The summed E-state index contributed by atoms with van der Waals surface area (Å²) >= 11 is 11.9. The average Bonchev–Trinajstić information content (AvgIpc) is 2.92. The maximum atomic E-state index is 12.4. The van der Waals surface area contributed by atoms with E-state index in [0.29, 0.717) is 28.5 Å². The number of benzene rings is 1. The summed E-state index contributed by atoms with van der Waals surface area (Å²) in [4.78, 5) is 35.8. The van der Waals surface area contributed by atoms with E-state index in [0.717, 1.165) is 12.8 Å². The molecule has 1 aliphatic carbocycles. The van der Waals surface area contributed by atoms with Crippen LogP contribution in [0.4, 0.5) is 4.79 Å². The van der Waals surface area contributed by atoms with Crippen LogP contribution in [-0.2, 0) is 9.59 Å². The Morgan fingerprint density at radius 1 is 1.30 bits per heavy atom. The number of hydrogen-bond donors (Lipinski definition) is 2. The number of urea groups is 1. The number of Topliss-reactive ketones (excluding diaryl/α,β-unsaturated/α-hetero) is 1. The minimum atomic E-state index is -0.630. The molecule has 1 fully saturated rings. The van der Waals surface area contributed by atoms with Crippen molar-refractivity contribution < 1.29 is 14.4 Å². The first kappa shape index (κ1) is 17.8.